The molecule has 1 aliphatic carbocycles. The third-order valence-corrected chi connectivity index (χ3v) is 5.51. The lowest BCUT2D eigenvalue weighted by molar-refractivity contribution is -0.124. The molecular weight excluding hydrogens is 362 g/mol. The third kappa shape index (κ3) is 5.34. The van der Waals surface area contributed by atoms with E-state index in [-0.39, 0.29) is 0 Å². The summed E-state index contributed by atoms with van der Waals surface area (Å²) >= 11 is 0. The van der Waals surface area contributed by atoms with Crippen molar-refractivity contribution >= 4 is 22.9 Å². The van der Waals surface area contributed by atoms with E-state index < -0.39 is 5.91 Å². The van der Waals surface area contributed by atoms with E-state index in [2.05, 4.69) is 52.5 Å². The molecule has 1 aromatic heterocycles. The fraction of sp³-hybridized carbons (Fsp3) is 0.292. The van der Waals surface area contributed by atoms with Gasteiger partial charge in [-0.3, -0.25) is 14.9 Å². The van der Waals surface area contributed by atoms with Crippen molar-refractivity contribution in [1.82, 2.24) is 15.4 Å². The first-order chi connectivity index (χ1) is 14.2. The number of hydrogen-bond acceptors (Lipinski definition) is 3. The van der Waals surface area contributed by atoms with Crippen molar-refractivity contribution in [2.45, 2.75) is 25.8 Å². The molecule has 1 aliphatic rings. The Hall–Kier alpha value is -2.89. The van der Waals surface area contributed by atoms with Crippen LogP contribution in [0.5, 0.6) is 0 Å². The quantitative estimate of drug-likeness (QED) is 0.293. The lowest BCUT2D eigenvalue weighted by Gasteiger charge is -2.22. The van der Waals surface area contributed by atoms with Gasteiger partial charge in [0.1, 0.15) is 0 Å². The number of hydroxylamine groups is 1. The molecule has 4 rings (SSSR count). The Balaban J connectivity index is 1.39. The van der Waals surface area contributed by atoms with Gasteiger partial charge in [0.05, 0.1) is 0 Å². The summed E-state index contributed by atoms with van der Waals surface area (Å²) in [5.74, 6) is 0.319. The molecule has 2 aromatic carbocycles. The lowest BCUT2D eigenvalue weighted by atomic mass is 10.1. The number of hydrogen-bond donors (Lipinski definition) is 3. The molecule has 0 spiro atoms. The fourth-order valence-electron chi connectivity index (χ4n) is 3.72. The third-order valence-electron chi connectivity index (χ3n) is 5.51. The summed E-state index contributed by atoms with van der Waals surface area (Å²) in [6.45, 7) is 3.12. The van der Waals surface area contributed by atoms with E-state index >= 15 is 0 Å². The molecule has 0 radical (unpaired) electrons. The minimum atomic E-state index is -0.526. The highest BCUT2D eigenvalue weighted by molar-refractivity contribution is 5.90. The predicted molar refractivity (Wildman–Crippen MR) is 115 cm³/mol. The van der Waals surface area contributed by atoms with Gasteiger partial charge in [0.2, 0.25) is 0 Å². The van der Waals surface area contributed by atoms with Crippen molar-refractivity contribution in [2.75, 3.05) is 13.1 Å². The van der Waals surface area contributed by atoms with E-state index in [9.17, 15) is 4.79 Å². The molecule has 5 nitrogen and oxygen atoms in total. The first-order valence-corrected chi connectivity index (χ1v) is 10.2. The SMILES string of the molecule is O=C(C=Cc1ccc(CN(CCc2c[nH]c3ccccc23)CC2CC2)cc1)NO. The van der Waals surface area contributed by atoms with Crippen molar-refractivity contribution in [3.8, 4) is 0 Å². The van der Waals surface area contributed by atoms with Gasteiger partial charge in [0.15, 0.2) is 0 Å². The highest BCUT2D eigenvalue weighted by Gasteiger charge is 2.24. The second kappa shape index (κ2) is 9.07. The number of aromatic nitrogens is 1. The van der Waals surface area contributed by atoms with Gasteiger partial charge in [0, 0.05) is 42.8 Å². The predicted octanol–water partition coefficient (Wildman–Crippen LogP) is 4.14. The van der Waals surface area contributed by atoms with E-state index in [4.69, 9.17) is 5.21 Å². The standard InChI is InChI=1S/C24H27N3O2/c28-24(26-29)12-11-18-5-7-19(8-6-18)16-27(17-20-9-10-20)14-13-21-15-25-23-4-2-1-3-22(21)23/h1-8,11-12,15,20,25,29H,9-10,13-14,16-17H2,(H,26,28). The van der Waals surface area contributed by atoms with E-state index in [1.54, 1.807) is 11.6 Å². The number of carbonyl (C=O) groups excluding carboxylic acids is 1. The van der Waals surface area contributed by atoms with Crippen LogP contribution in [0.15, 0.2) is 60.8 Å². The summed E-state index contributed by atoms with van der Waals surface area (Å²) in [6.07, 6.45) is 8.88. The number of H-pyrrole nitrogens is 1. The van der Waals surface area contributed by atoms with Crippen molar-refractivity contribution in [1.29, 1.82) is 0 Å². The number of fused-ring (bicyclic) bond motifs is 1. The zero-order chi connectivity index (χ0) is 20.1. The van der Waals surface area contributed by atoms with Gasteiger partial charge < -0.3 is 4.98 Å². The van der Waals surface area contributed by atoms with E-state index in [1.807, 2.05) is 12.1 Å². The molecule has 0 atom stereocenters. The van der Waals surface area contributed by atoms with Crippen LogP contribution in [0.25, 0.3) is 17.0 Å². The molecular formula is C24H27N3O2. The molecule has 0 unspecified atom stereocenters. The number of para-hydroxylation sites is 1. The van der Waals surface area contributed by atoms with Gasteiger partial charge in [-0.2, -0.15) is 0 Å². The molecule has 29 heavy (non-hydrogen) atoms. The number of aromatic amines is 1. The highest BCUT2D eigenvalue weighted by atomic mass is 16.5. The number of amides is 1. The van der Waals surface area contributed by atoms with Gasteiger partial charge in [-0.25, -0.2) is 5.48 Å². The van der Waals surface area contributed by atoms with E-state index in [0.717, 1.165) is 37.5 Å². The van der Waals surface area contributed by atoms with Crippen LogP contribution in [0.1, 0.15) is 29.5 Å². The molecule has 1 heterocycles. The minimum Gasteiger partial charge on any atom is -0.361 e. The Kier molecular flexibility index (Phi) is 6.08. The largest absolute Gasteiger partial charge is 0.361 e. The summed E-state index contributed by atoms with van der Waals surface area (Å²) in [7, 11) is 0. The normalized spacial score (nSPS) is 14.1. The van der Waals surface area contributed by atoms with Crippen molar-refractivity contribution in [2.24, 2.45) is 5.92 Å². The van der Waals surface area contributed by atoms with Gasteiger partial charge in [-0.05, 0) is 54.0 Å². The van der Waals surface area contributed by atoms with Crippen molar-refractivity contribution in [3.05, 3.63) is 77.5 Å². The number of carbonyl (C=O) groups is 1. The van der Waals surface area contributed by atoms with Crippen LogP contribution < -0.4 is 5.48 Å². The Labute approximate surface area is 171 Å². The zero-order valence-electron chi connectivity index (χ0n) is 16.5. The summed E-state index contributed by atoms with van der Waals surface area (Å²) < 4.78 is 0. The zero-order valence-corrected chi connectivity index (χ0v) is 16.5. The topological polar surface area (TPSA) is 68.4 Å². The Bertz CT molecular complexity index is 987. The van der Waals surface area contributed by atoms with E-state index in [1.165, 1.54) is 40.9 Å². The maximum atomic E-state index is 11.1. The Morgan fingerprint density at radius 3 is 2.72 bits per heavy atom. The van der Waals surface area contributed by atoms with Crippen LogP contribution in [0, 0.1) is 5.92 Å². The fourth-order valence-corrected chi connectivity index (χ4v) is 3.72. The number of benzene rings is 2. The Morgan fingerprint density at radius 2 is 1.97 bits per heavy atom. The van der Waals surface area contributed by atoms with Crippen LogP contribution in [-0.2, 0) is 17.8 Å². The van der Waals surface area contributed by atoms with Crippen molar-refractivity contribution in [3.63, 3.8) is 0 Å². The highest BCUT2D eigenvalue weighted by Crippen LogP contribution is 2.30. The maximum absolute atomic E-state index is 11.1. The van der Waals surface area contributed by atoms with E-state index in [0.29, 0.717) is 0 Å². The molecule has 1 fully saturated rings. The second-order valence-corrected chi connectivity index (χ2v) is 7.84. The summed E-state index contributed by atoms with van der Waals surface area (Å²) in [5.41, 5.74) is 6.39. The molecule has 3 N–H and O–H groups in total. The average Bonchev–Trinajstić information content (AvgIpc) is 3.48. The Morgan fingerprint density at radius 1 is 1.17 bits per heavy atom. The van der Waals surface area contributed by atoms with Gasteiger partial charge in [0.25, 0.3) is 5.91 Å². The van der Waals surface area contributed by atoms with Gasteiger partial charge >= 0.3 is 0 Å². The first kappa shape index (κ1) is 19.4. The van der Waals surface area contributed by atoms with Crippen molar-refractivity contribution < 1.29 is 10.0 Å². The second-order valence-electron chi connectivity index (χ2n) is 7.84. The molecule has 5 heteroatoms. The molecule has 3 aromatic rings. The summed E-state index contributed by atoms with van der Waals surface area (Å²) in [4.78, 5) is 17.0. The summed E-state index contributed by atoms with van der Waals surface area (Å²) in [5, 5.41) is 9.87. The monoisotopic (exact) mass is 389 g/mol. The lowest BCUT2D eigenvalue weighted by Crippen LogP contribution is -2.28. The minimum absolute atomic E-state index is 0.526. The number of nitrogens with zero attached hydrogens (tertiary/aromatic N) is 1. The molecule has 150 valence electrons. The molecule has 1 saturated carbocycles. The maximum Gasteiger partial charge on any atom is 0.267 e. The molecule has 0 saturated heterocycles. The van der Waals surface area contributed by atoms with Crippen LogP contribution >= 0.6 is 0 Å². The smallest absolute Gasteiger partial charge is 0.267 e. The average molecular weight is 389 g/mol. The first-order valence-electron chi connectivity index (χ1n) is 10.2. The number of rotatable bonds is 9. The van der Waals surface area contributed by atoms with Crippen LogP contribution in [0.4, 0.5) is 0 Å². The van der Waals surface area contributed by atoms with Gasteiger partial charge in [-0.15, -0.1) is 0 Å². The molecule has 0 aliphatic heterocycles. The molecule has 1 amide bonds. The summed E-state index contributed by atoms with van der Waals surface area (Å²) in [6, 6.07) is 16.7. The number of nitrogens with one attached hydrogen (secondary N) is 2. The van der Waals surface area contributed by atoms with Crippen LogP contribution in [0.3, 0.4) is 0 Å². The van der Waals surface area contributed by atoms with Crippen LogP contribution in [0.2, 0.25) is 0 Å². The van der Waals surface area contributed by atoms with Gasteiger partial charge in [-0.1, -0.05) is 42.5 Å². The van der Waals surface area contributed by atoms with Crippen LogP contribution in [-0.4, -0.2) is 34.1 Å². The molecule has 0 bridgehead atoms.